The van der Waals surface area contributed by atoms with E-state index in [0.717, 1.165) is 27.4 Å². The zero-order chi connectivity index (χ0) is 31.6. The highest BCUT2D eigenvalue weighted by atomic mass is 32.2. The van der Waals surface area contributed by atoms with Gasteiger partial charge in [0.25, 0.3) is 5.91 Å². The van der Waals surface area contributed by atoms with E-state index in [-0.39, 0.29) is 32.2 Å². The van der Waals surface area contributed by atoms with Gasteiger partial charge < -0.3 is 15.4 Å². The quantitative estimate of drug-likeness (QED) is 0.417. The van der Waals surface area contributed by atoms with Gasteiger partial charge >= 0.3 is 0 Å². The summed E-state index contributed by atoms with van der Waals surface area (Å²) < 4.78 is 33.4. The number of carbonyl (C=O) groups excluding carboxylic acids is 2. The second-order valence-electron chi connectivity index (χ2n) is 13.4. The summed E-state index contributed by atoms with van der Waals surface area (Å²) in [4.78, 5) is 30.2. The van der Waals surface area contributed by atoms with Gasteiger partial charge in [-0.3, -0.25) is 9.59 Å². The summed E-state index contributed by atoms with van der Waals surface area (Å²) in [5, 5.41) is 6.33. The first-order valence-electron chi connectivity index (χ1n) is 14.6. The zero-order valence-electron chi connectivity index (χ0n) is 26.1. The number of sulfonamides is 1. The Bertz CT molecular complexity index is 1430. The van der Waals surface area contributed by atoms with Crippen molar-refractivity contribution in [1.82, 2.24) is 14.2 Å². The molecule has 2 atom stereocenters. The van der Waals surface area contributed by atoms with E-state index in [0.29, 0.717) is 19.4 Å². The minimum Gasteiger partial charge on any atom is -0.375 e. The van der Waals surface area contributed by atoms with Gasteiger partial charge in [0.15, 0.2) is 0 Å². The minimum absolute atomic E-state index is 0.0800. The van der Waals surface area contributed by atoms with Crippen LogP contribution in [-0.2, 0) is 37.4 Å². The number of benzene rings is 2. The molecule has 0 saturated carbocycles. The van der Waals surface area contributed by atoms with Crippen LogP contribution in [0.4, 0.5) is 0 Å². The molecule has 0 aliphatic carbocycles. The molecule has 0 spiro atoms. The lowest BCUT2D eigenvalue weighted by molar-refractivity contribution is -0.145. The number of amides is 2. The Labute approximate surface area is 255 Å². The lowest BCUT2D eigenvalue weighted by Gasteiger charge is -2.43. The normalized spacial score (nSPS) is 20.3. The van der Waals surface area contributed by atoms with Crippen molar-refractivity contribution in [2.45, 2.75) is 71.2 Å². The van der Waals surface area contributed by atoms with Crippen molar-refractivity contribution in [3.8, 4) is 0 Å². The molecule has 0 aromatic heterocycles. The maximum atomic E-state index is 14.4. The minimum atomic E-state index is -3.87. The summed E-state index contributed by atoms with van der Waals surface area (Å²) in [6.45, 7) is 9.59. The standard InChI is InChI=1S/C32H45N5O5S/c1-30(2,3)37-29(39)32(19-24-13-9-7-10-14-24)23-35(18-17-27(32)34-37)28(38)26(21-42-20-25-15-11-8-12-16-25)36(43(6,40)41)22-31(4,5)33/h7-16,26H,17-23,33H2,1-6H3/t26?,32-/m0/s1. The van der Waals surface area contributed by atoms with Crippen LogP contribution in [0.2, 0.25) is 0 Å². The number of piperidine rings is 1. The summed E-state index contributed by atoms with van der Waals surface area (Å²) in [5.74, 6) is -0.576. The first-order chi connectivity index (χ1) is 20.0. The third-order valence-corrected chi connectivity index (χ3v) is 8.99. The summed E-state index contributed by atoms with van der Waals surface area (Å²) >= 11 is 0. The summed E-state index contributed by atoms with van der Waals surface area (Å²) in [7, 11) is -3.87. The number of nitrogens with zero attached hydrogens (tertiary/aromatic N) is 4. The number of likely N-dealkylation sites (tertiary alicyclic amines) is 1. The van der Waals surface area contributed by atoms with Crippen molar-refractivity contribution in [3.05, 3.63) is 71.8 Å². The fourth-order valence-electron chi connectivity index (χ4n) is 5.71. The molecule has 2 aromatic carbocycles. The van der Waals surface area contributed by atoms with E-state index < -0.39 is 38.5 Å². The van der Waals surface area contributed by atoms with Gasteiger partial charge in [-0.15, -0.1) is 0 Å². The van der Waals surface area contributed by atoms with Gasteiger partial charge in [-0.25, -0.2) is 13.4 Å². The molecule has 2 aliphatic heterocycles. The molecule has 1 saturated heterocycles. The Morgan fingerprint density at radius 3 is 2.16 bits per heavy atom. The Balaban J connectivity index is 1.69. The molecule has 0 radical (unpaired) electrons. The molecule has 2 aromatic rings. The molecule has 234 valence electrons. The molecular formula is C32H45N5O5S. The third-order valence-electron chi connectivity index (χ3n) is 7.76. The van der Waals surface area contributed by atoms with Crippen LogP contribution in [0.5, 0.6) is 0 Å². The second kappa shape index (κ2) is 12.5. The Morgan fingerprint density at radius 1 is 1.05 bits per heavy atom. The van der Waals surface area contributed by atoms with E-state index in [1.807, 2.05) is 81.4 Å². The van der Waals surface area contributed by atoms with E-state index >= 15 is 0 Å². The van der Waals surface area contributed by atoms with Gasteiger partial charge in [-0.1, -0.05) is 60.7 Å². The van der Waals surface area contributed by atoms with Gasteiger partial charge in [0, 0.05) is 31.6 Å². The molecule has 2 heterocycles. The van der Waals surface area contributed by atoms with Gasteiger partial charge in [0.1, 0.15) is 11.5 Å². The van der Waals surface area contributed by atoms with Crippen LogP contribution in [0, 0.1) is 5.41 Å². The van der Waals surface area contributed by atoms with Crippen LogP contribution in [0.15, 0.2) is 65.8 Å². The van der Waals surface area contributed by atoms with Crippen molar-refractivity contribution in [3.63, 3.8) is 0 Å². The highest BCUT2D eigenvalue weighted by Crippen LogP contribution is 2.41. The van der Waals surface area contributed by atoms with E-state index in [1.54, 1.807) is 23.8 Å². The first kappa shape index (κ1) is 32.8. The SMILES string of the molecule is CC(C)(N)CN(C(COCc1ccccc1)C(=O)N1CCC2=NN(C(C)(C)C)C(=O)[C@@]2(Cc2ccccc2)C1)S(C)(=O)=O. The Kier molecular flexibility index (Phi) is 9.51. The highest BCUT2D eigenvalue weighted by Gasteiger charge is 2.56. The number of rotatable bonds is 11. The van der Waals surface area contributed by atoms with Crippen LogP contribution < -0.4 is 5.73 Å². The monoisotopic (exact) mass is 611 g/mol. The summed E-state index contributed by atoms with van der Waals surface area (Å²) in [6, 6.07) is 18.0. The van der Waals surface area contributed by atoms with E-state index in [4.69, 9.17) is 15.6 Å². The zero-order valence-corrected chi connectivity index (χ0v) is 26.9. The maximum absolute atomic E-state index is 14.4. The first-order valence-corrected chi connectivity index (χ1v) is 16.5. The molecule has 43 heavy (non-hydrogen) atoms. The van der Waals surface area contributed by atoms with Gasteiger partial charge in [0.2, 0.25) is 15.9 Å². The predicted octanol–water partition coefficient (Wildman–Crippen LogP) is 3.03. The number of carbonyl (C=O) groups is 2. The molecule has 10 nitrogen and oxygen atoms in total. The number of hydrazone groups is 1. The lowest BCUT2D eigenvalue weighted by Crippen LogP contribution is -2.62. The number of hydrogen-bond donors (Lipinski definition) is 1. The maximum Gasteiger partial charge on any atom is 0.257 e. The molecular weight excluding hydrogens is 566 g/mol. The van der Waals surface area contributed by atoms with Crippen LogP contribution in [0.1, 0.15) is 52.2 Å². The molecule has 2 amide bonds. The van der Waals surface area contributed by atoms with Crippen molar-refractivity contribution in [2.75, 3.05) is 32.5 Å². The fraction of sp³-hybridized carbons (Fsp3) is 0.531. The fourth-order valence-corrected chi connectivity index (χ4v) is 6.89. The lowest BCUT2D eigenvalue weighted by atomic mass is 9.73. The number of hydrogen-bond acceptors (Lipinski definition) is 7. The van der Waals surface area contributed by atoms with Crippen LogP contribution in [0.25, 0.3) is 0 Å². The number of fused-ring (bicyclic) bond motifs is 1. The van der Waals surface area contributed by atoms with E-state index in [9.17, 15) is 18.0 Å². The van der Waals surface area contributed by atoms with Crippen molar-refractivity contribution >= 4 is 27.5 Å². The third kappa shape index (κ3) is 7.70. The molecule has 1 unspecified atom stereocenters. The van der Waals surface area contributed by atoms with Crippen molar-refractivity contribution in [2.24, 2.45) is 16.3 Å². The number of nitrogens with two attached hydrogens (primary N) is 1. The van der Waals surface area contributed by atoms with E-state index in [1.165, 1.54) is 0 Å². The highest BCUT2D eigenvalue weighted by molar-refractivity contribution is 7.88. The molecule has 1 fully saturated rings. The second-order valence-corrected chi connectivity index (χ2v) is 15.3. The summed E-state index contributed by atoms with van der Waals surface area (Å²) in [6.07, 6.45) is 1.86. The van der Waals surface area contributed by atoms with E-state index in [2.05, 4.69) is 0 Å². The smallest absolute Gasteiger partial charge is 0.257 e. The van der Waals surface area contributed by atoms with Crippen LogP contribution >= 0.6 is 0 Å². The average Bonchev–Trinajstić information content (AvgIpc) is 3.21. The summed E-state index contributed by atoms with van der Waals surface area (Å²) in [5.41, 5.74) is 6.38. The largest absolute Gasteiger partial charge is 0.375 e. The van der Waals surface area contributed by atoms with Gasteiger partial charge in [0.05, 0.1) is 30.7 Å². The molecule has 2 aliphatic rings. The predicted molar refractivity (Wildman–Crippen MR) is 168 cm³/mol. The van der Waals surface area contributed by atoms with Crippen molar-refractivity contribution < 1.29 is 22.7 Å². The van der Waals surface area contributed by atoms with Gasteiger partial charge in [-0.05, 0) is 52.2 Å². The van der Waals surface area contributed by atoms with Crippen LogP contribution in [-0.4, -0.2) is 89.8 Å². The molecule has 11 heteroatoms. The van der Waals surface area contributed by atoms with Gasteiger partial charge in [-0.2, -0.15) is 9.41 Å². The molecule has 0 bridgehead atoms. The van der Waals surface area contributed by atoms with Crippen LogP contribution in [0.3, 0.4) is 0 Å². The topological polar surface area (TPSA) is 126 Å². The number of ether oxygens (including phenoxy) is 1. The molecule has 4 rings (SSSR count). The average molecular weight is 612 g/mol. The Hall–Kier alpha value is -3.12. The van der Waals surface area contributed by atoms with Crippen molar-refractivity contribution in [1.29, 1.82) is 0 Å². The Morgan fingerprint density at radius 2 is 1.63 bits per heavy atom. The molecule has 2 N–H and O–H groups in total.